The van der Waals surface area contributed by atoms with Crippen molar-refractivity contribution in [3.63, 3.8) is 0 Å². The summed E-state index contributed by atoms with van der Waals surface area (Å²) in [6.45, 7) is 1.82. The highest BCUT2D eigenvalue weighted by atomic mass is 35.5. The Hall–Kier alpha value is -2.16. The molecule has 0 unspecified atom stereocenters. The summed E-state index contributed by atoms with van der Waals surface area (Å²) in [5, 5.41) is 2.96. The van der Waals surface area contributed by atoms with E-state index in [1.54, 1.807) is 6.92 Å². The minimum atomic E-state index is -3.94. The van der Waals surface area contributed by atoms with Crippen molar-refractivity contribution < 1.29 is 22.7 Å². The number of amides is 1. The standard InChI is InChI=1S/C16H16Cl2N2O5S/c1-3-25-16(21)19-14-9-11(5-7-15(14)24-2)26(22,23)20-10-4-6-12(17)13(18)8-10/h4-9,20H,3H2,1-2H3,(H,19,21). The molecule has 0 aliphatic heterocycles. The molecule has 0 aromatic heterocycles. The maximum atomic E-state index is 12.6. The first-order chi connectivity index (χ1) is 12.3. The van der Waals surface area contributed by atoms with Crippen LogP contribution in [0.3, 0.4) is 0 Å². The van der Waals surface area contributed by atoms with Crippen LogP contribution in [0.5, 0.6) is 5.75 Å². The predicted molar refractivity (Wildman–Crippen MR) is 101 cm³/mol. The third-order valence-electron chi connectivity index (χ3n) is 3.17. The summed E-state index contributed by atoms with van der Waals surface area (Å²) >= 11 is 11.7. The zero-order valence-corrected chi connectivity index (χ0v) is 16.2. The molecule has 0 radical (unpaired) electrons. The molecule has 0 saturated carbocycles. The molecule has 0 spiro atoms. The third-order valence-corrected chi connectivity index (χ3v) is 5.28. The molecule has 26 heavy (non-hydrogen) atoms. The van der Waals surface area contributed by atoms with Gasteiger partial charge in [0, 0.05) is 0 Å². The monoisotopic (exact) mass is 418 g/mol. The van der Waals surface area contributed by atoms with Gasteiger partial charge in [-0.25, -0.2) is 13.2 Å². The Morgan fingerprint density at radius 2 is 1.85 bits per heavy atom. The molecule has 2 rings (SSSR count). The normalized spacial score (nSPS) is 10.9. The molecule has 0 saturated heterocycles. The second-order valence-electron chi connectivity index (χ2n) is 4.94. The van der Waals surface area contributed by atoms with Crippen molar-refractivity contribution in [1.82, 2.24) is 0 Å². The molecule has 0 fully saturated rings. The lowest BCUT2D eigenvalue weighted by Gasteiger charge is -2.13. The van der Waals surface area contributed by atoms with Crippen molar-refractivity contribution in [1.29, 1.82) is 0 Å². The molecule has 2 aromatic carbocycles. The quantitative estimate of drug-likeness (QED) is 0.725. The molecule has 10 heteroatoms. The average Bonchev–Trinajstić information content (AvgIpc) is 2.58. The number of rotatable bonds is 6. The number of benzene rings is 2. The van der Waals surface area contributed by atoms with E-state index in [9.17, 15) is 13.2 Å². The van der Waals surface area contributed by atoms with Crippen LogP contribution < -0.4 is 14.8 Å². The van der Waals surface area contributed by atoms with Gasteiger partial charge in [-0.05, 0) is 43.3 Å². The SMILES string of the molecule is CCOC(=O)Nc1cc(S(=O)(=O)Nc2ccc(Cl)c(Cl)c2)ccc1OC. The average molecular weight is 419 g/mol. The van der Waals surface area contributed by atoms with Crippen molar-refractivity contribution in [2.24, 2.45) is 0 Å². The summed E-state index contributed by atoms with van der Waals surface area (Å²) in [6.07, 6.45) is -0.724. The first-order valence-corrected chi connectivity index (χ1v) is 9.60. The zero-order chi connectivity index (χ0) is 19.3. The van der Waals surface area contributed by atoms with Crippen molar-refractivity contribution in [3.8, 4) is 5.75 Å². The molecule has 1 amide bonds. The van der Waals surface area contributed by atoms with Gasteiger partial charge in [0.2, 0.25) is 0 Å². The van der Waals surface area contributed by atoms with Crippen LogP contribution in [0.15, 0.2) is 41.3 Å². The number of halogens is 2. The fourth-order valence-corrected chi connectivity index (χ4v) is 3.38. The van der Waals surface area contributed by atoms with Crippen LogP contribution in [-0.2, 0) is 14.8 Å². The van der Waals surface area contributed by atoms with Crippen LogP contribution in [0.25, 0.3) is 0 Å². The zero-order valence-electron chi connectivity index (χ0n) is 13.9. The molecule has 0 bridgehead atoms. The van der Waals surface area contributed by atoms with Crippen molar-refractivity contribution in [2.45, 2.75) is 11.8 Å². The highest BCUT2D eigenvalue weighted by Gasteiger charge is 2.18. The van der Waals surface area contributed by atoms with E-state index >= 15 is 0 Å². The lowest BCUT2D eigenvalue weighted by atomic mass is 10.3. The smallest absolute Gasteiger partial charge is 0.411 e. The van der Waals surface area contributed by atoms with Gasteiger partial charge >= 0.3 is 6.09 Å². The van der Waals surface area contributed by atoms with E-state index in [4.69, 9.17) is 32.7 Å². The number of hydrogen-bond acceptors (Lipinski definition) is 5. The highest BCUT2D eigenvalue weighted by molar-refractivity contribution is 7.92. The Bertz CT molecular complexity index is 919. The topological polar surface area (TPSA) is 93.7 Å². The second-order valence-corrected chi connectivity index (χ2v) is 7.44. The molecule has 0 aliphatic carbocycles. The summed E-state index contributed by atoms with van der Waals surface area (Å²) in [5.41, 5.74) is 0.401. The Labute approximate surface area is 161 Å². The van der Waals surface area contributed by atoms with Gasteiger partial charge in [0.05, 0.1) is 40.0 Å². The number of methoxy groups -OCH3 is 1. The number of ether oxygens (including phenoxy) is 2. The van der Waals surface area contributed by atoms with Crippen molar-refractivity contribution in [2.75, 3.05) is 23.8 Å². The molecule has 0 heterocycles. The van der Waals surface area contributed by atoms with Gasteiger partial charge in [-0.2, -0.15) is 0 Å². The molecule has 2 aromatic rings. The first kappa shape index (κ1) is 20.2. The van der Waals surface area contributed by atoms with Gasteiger partial charge in [0.25, 0.3) is 10.0 Å². The van der Waals surface area contributed by atoms with E-state index in [0.29, 0.717) is 5.02 Å². The number of anilines is 2. The molecule has 2 N–H and O–H groups in total. The van der Waals surface area contributed by atoms with Gasteiger partial charge in [0.15, 0.2) is 0 Å². The lowest BCUT2D eigenvalue weighted by Crippen LogP contribution is -2.16. The highest BCUT2D eigenvalue weighted by Crippen LogP contribution is 2.30. The third kappa shape index (κ3) is 4.94. The minimum Gasteiger partial charge on any atom is -0.495 e. The summed E-state index contributed by atoms with van der Waals surface area (Å²) in [5.74, 6) is 0.284. The fraction of sp³-hybridized carbons (Fsp3) is 0.188. The van der Waals surface area contributed by atoms with Crippen LogP contribution in [0, 0.1) is 0 Å². The molecule has 7 nitrogen and oxygen atoms in total. The van der Waals surface area contributed by atoms with Crippen molar-refractivity contribution >= 4 is 50.7 Å². The Balaban J connectivity index is 2.33. The summed E-state index contributed by atoms with van der Waals surface area (Å²) < 4.78 is 37.5. The Morgan fingerprint density at radius 1 is 1.12 bits per heavy atom. The fourth-order valence-electron chi connectivity index (χ4n) is 2.00. The van der Waals surface area contributed by atoms with Crippen LogP contribution in [-0.4, -0.2) is 28.2 Å². The minimum absolute atomic E-state index is 0.0869. The van der Waals surface area contributed by atoms with Crippen LogP contribution in [0.1, 0.15) is 6.92 Å². The van der Waals surface area contributed by atoms with Crippen LogP contribution >= 0.6 is 23.2 Å². The molecule has 0 atom stereocenters. The van der Waals surface area contributed by atoms with Gasteiger partial charge in [-0.3, -0.25) is 10.0 Å². The Kier molecular flexibility index (Phi) is 6.57. The van der Waals surface area contributed by atoms with E-state index in [0.717, 1.165) is 0 Å². The van der Waals surface area contributed by atoms with Crippen LogP contribution in [0.4, 0.5) is 16.2 Å². The Morgan fingerprint density at radius 3 is 2.46 bits per heavy atom. The van der Waals surface area contributed by atoms with E-state index in [2.05, 4.69) is 10.0 Å². The number of nitrogens with one attached hydrogen (secondary N) is 2. The summed E-state index contributed by atoms with van der Waals surface area (Å²) in [4.78, 5) is 11.5. The first-order valence-electron chi connectivity index (χ1n) is 7.36. The molecule has 0 aliphatic rings. The van der Waals surface area contributed by atoms with Gasteiger partial charge in [0.1, 0.15) is 5.75 Å². The number of carbonyl (C=O) groups is 1. The van der Waals surface area contributed by atoms with E-state index in [-0.39, 0.29) is 33.6 Å². The molecular weight excluding hydrogens is 403 g/mol. The van der Waals surface area contributed by atoms with Gasteiger partial charge < -0.3 is 9.47 Å². The predicted octanol–water partition coefficient (Wildman–Crippen LogP) is 4.37. The molecule has 140 valence electrons. The largest absolute Gasteiger partial charge is 0.495 e. The maximum Gasteiger partial charge on any atom is 0.411 e. The summed E-state index contributed by atoms with van der Waals surface area (Å²) in [7, 11) is -2.54. The number of carbonyl (C=O) groups excluding carboxylic acids is 1. The molecular formula is C16H16Cl2N2O5S. The van der Waals surface area contributed by atoms with E-state index in [1.807, 2.05) is 0 Å². The number of sulfonamides is 1. The maximum absolute atomic E-state index is 12.6. The second kappa shape index (κ2) is 8.48. The van der Waals surface area contributed by atoms with E-state index < -0.39 is 16.1 Å². The lowest BCUT2D eigenvalue weighted by molar-refractivity contribution is 0.168. The van der Waals surface area contributed by atoms with Crippen LogP contribution in [0.2, 0.25) is 10.0 Å². The van der Waals surface area contributed by atoms with Gasteiger partial charge in [-0.1, -0.05) is 23.2 Å². The number of hydrogen-bond donors (Lipinski definition) is 2. The van der Waals surface area contributed by atoms with E-state index in [1.165, 1.54) is 43.5 Å². The van der Waals surface area contributed by atoms with Crippen molar-refractivity contribution in [3.05, 3.63) is 46.4 Å². The van der Waals surface area contributed by atoms with Gasteiger partial charge in [-0.15, -0.1) is 0 Å². The summed E-state index contributed by atoms with van der Waals surface area (Å²) in [6, 6.07) is 8.37.